The van der Waals surface area contributed by atoms with E-state index in [0.29, 0.717) is 72.6 Å². The number of nitrogens with zero attached hydrogens (tertiary/aromatic N) is 8. The molecule has 5 rings (SSSR count). The van der Waals surface area contributed by atoms with E-state index in [2.05, 4.69) is 42.6 Å². The minimum absolute atomic E-state index is 0.0308. The van der Waals surface area contributed by atoms with Crippen molar-refractivity contribution in [3.8, 4) is 16.9 Å². The van der Waals surface area contributed by atoms with E-state index in [4.69, 9.17) is 18.2 Å². The molecule has 1 fully saturated rings. The normalized spacial score (nSPS) is 14.7. The molecule has 0 amide bonds. The van der Waals surface area contributed by atoms with Crippen LogP contribution in [0.15, 0.2) is 49.2 Å². The van der Waals surface area contributed by atoms with Gasteiger partial charge in [0.15, 0.2) is 0 Å². The number of benzene rings is 1. The molecule has 4 heterocycles. The lowest BCUT2D eigenvalue weighted by Crippen LogP contribution is -2.42. The first-order valence-electron chi connectivity index (χ1n) is 13.3. The highest BCUT2D eigenvalue weighted by Gasteiger charge is 2.25. The van der Waals surface area contributed by atoms with Gasteiger partial charge < -0.3 is 10.6 Å². The van der Waals surface area contributed by atoms with Gasteiger partial charge in [0.2, 0.25) is 21.7 Å². The van der Waals surface area contributed by atoms with Crippen molar-refractivity contribution in [2.24, 2.45) is 0 Å². The lowest BCUT2D eigenvalue weighted by molar-refractivity contribution is 0.331. The van der Waals surface area contributed by atoms with Crippen molar-refractivity contribution in [1.29, 1.82) is 0 Å². The molecule has 4 aromatic rings. The van der Waals surface area contributed by atoms with Gasteiger partial charge in [0, 0.05) is 68.5 Å². The smallest absolute Gasteiger partial charge is 0.231 e. The Morgan fingerprint density at radius 1 is 1.10 bits per heavy atom. The first kappa shape index (κ1) is 28.7. The van der Waals surface area contributed by atoms with E-state index in [1.807, 2.05) is 35.3 Å². The van der Waals surface area contributed by atoms with Crippen LogP contribution in [0.3, 0.4) is 0 Å². The summed E-state index contributed by atoms with van der Waals surface area (Å²) in [5.74, 6) is 0.384. The van der Waals surface area contributed by atoms with E-state index in [0.717, 1.165) is 17.7 Å². The molecule has 0 atom stereocenters. The summed E-state index contributed by atoms with van der Waals surface area (Å²) < 4.78 is 28.6. The summed E-state index contributed by atoms with van der Waals surface area (Å²) in [5, 5.41) is 16.0. The second kappa shape index (κ2) is 12.4. The van der Waals surface area contributed by atoms with Crippen LogP contribution in [0.2, 0.25) is 5.02 Å². The van der Waals surface area contributed by atoms with Gasteiger partial charge in [-0.1, -0.05) is 17.7 Å². The van der Waals surface area contributed by atoms with Crippen molar-refractivity contribution < 1.29 is 8.42 Å². The Balaban J connectivity index is 1.26. The summed E-state index contributed by atoms with van der Waals surface area (Å²) in [7, 11) is -3.20. The number of aromatic nitrogens is 6. The molecule has 41 heavy (non-hydrogen) atoms. The molecule has 0 saturated carbocycles. The van der Waals surface area contributed by atoms with Crippen molar-refractivity contribution >= 4 is 33.3 Å². The van der Waals surface area contributed by atoms with Gasteiger partial charge >= 0.3 is 0 Å². The minimum Gasteiger partial charge on any atom is -0.351 e. The van der Waals surface area contributed by atoms with Crippen LogP contribution >= 0.6 is 11.6 Å². The Kier molecular flexibility index (Phi) is 8.65. The summed E-state index contributed by atoms with van der Waals surface area (Å²) in [6.07, 6.45) is 11.3. The fourth-order valence-corrected chi connectivity index (χ4v) is 5.86. The average molecular weight is 595 g/mol. The van der Waals surface area contributed by atoms with Gasteiger partial charge in [-0.05, 0) is 37.5 Å². The number of nitrogens with one attached hydrogen (secondary N) is 2. The molecule has 0 unspecified atom stereocenters. The van der Waals surface area contributed by atoms with Crippen LogP contribution in [0.4, 0.5) is 11.6 Å². The number of rotatable bonds is 10. The Morgan fingerprint density at radius 2 is 1.88 bits per heavy atom. The van der Waals surface area contributed by atoms with Gasteiger partial charge in [0.05, 0.1) is 41.6 Å². The number of hydrogen-bond acceptors (Lipinski definition) is 8. The molecule has 3 aromatic heterocycles. The third-order valence-electron chi connectivity index (χ3n) is 6.93. The molecule has 12 nitrogen and oxygen atoms in total. The van der Waals surface area contributed by atoms with Gasteiger partial charge in [0.25, 0.3) is 0 Å². The van der Waals surface area contributed by atoms with E-state index in [1.165, 1.54) is 16.8 Å². The van der Waals surface area contributed by atoms with E-state index in [1.54, 1.807) is 17.1 Å². The molecule has 1 aromatic carbocycles. The van der Waals surface area contributed by atoms with Crippen molar-refractivity contribution in [3.63, 3.8) is 0 Å². The molecule has 0 bridgehead atoms. The van der Waals surface area contributed by atoms with Crippen molar-refractivity contribution in [2.75, 3.05) is 24.7 Å². The quantitative estimate of drug-likeness (QED) is 0.265. The zero-order chi connectivity index (χ0) is 29.0. The molecular formula is C27H31ClN10O2S. The molecule has 2 N–H and O–H groups in total. The maximum atomic E-state index is 11.8. The Labute approximate surface area is 244 Å². The molecule has 1 saturated heterocycles. The number of anilines is 1. The zero-order valence-electron chi connectivity index (χ0n) is 22.8. The molecule has 0 spiro atoms. The molecule has 0 radical (unpaired) electrons. The van der Waals surface area contributed by atoms with Crippen LogP contribution in [0.25, 0.3) is 21.8 Å². The predicted octanol–water partition coefficient (Wildman–Crippen LogP) is 3.88. The fraction of sp³-hybridized carbons (Fsp3) is 0.370. The van der Waals surface area contributed by atoms with Gasteiger partial charge in [-0.25, -0.2) is 32.2 Å². The summed E-state index contributed by atoms with van der Waals surface area (Å²) in [6.45, 7) is 12.7. The second-order valence-electron chi connectivity index (χ2n) is 9.89. The van der Waals surface area contributed by atoms with E-state index < -0.39 is 10.0 Å². The molecule has 214 valence electrons. The summed E-state index contributed by atoms with van der Waals surface area (Å²) >= 11 is 6.64. The standard InChI is InChI=1S/C27H31ClN10O2S/c1-4-36-17-20(14-32-36)13-30-12-19-5-6-25(23(28)11-19)38-18-21(15-33-38)26-24(29-2)16-31-27(35-26)34-22-7-9-37(10-8-22)41(3,39)40/h5-6,11,14-18,22,30H,4,7-10,12-13H2,1,3H3,(H,31,34,35). The minimum atomic E-state index is -3.20. The first-order chi connectivity index (χ1) is 19.7. The highest BCUT2D eigenvalue weighted by atomic mass is 35.5. The highest BCUT2D eigenvalue weighted by Crippen LogP contribution is 2.31. The fourth-order valence-electron chi connectivity index (χ4n) is 4.70. The summed E-state index contributed by atoms with van der Waals surface area (Å²) in [5.41, 5.74) is 4.29. The molecule has 1 aliphatic heterocycles. The largest absolute Gasteiger partial charge is 0.351 e. The number of halogens is 1. The van der Waals surface area contributed by atoms with Crippen molar-refractivity contribution in [3.05, 3.63) is 76.8 Å². The van der Waals surface area contributed by atoms with Crippen LogP contribution in [0, 0.1) is 6.57 Å². The molecule has 0 aliphatic carbocycles. The number of sulfonamides is 1. The van der Waals surface area contributed by atoms with Crippen molar-refractivity contribution in [1.82, 2.24) is 39.2 Å². The van der Waals surface area contributed by atoms with Crippen LogP contribution in [0.5, 0.6) is 0 Å². The number of piperidine rings is 1. The molecular weight excluding hydrogens is 564 g/mol. The maximum absolute atomic E-state index is 11.8. The Bertz CT molecular complexity index is 1670. The predicted molar refractivity (Wildman–Crippen MR) is 157 cm³/mol. The van der Waals surface area contributed by atoms with Gasteiger partial charge in [-0.2, -0.15) is 10.2 Å². The molecule has 1 aliphatic rings. The zero-order valence-corrected chi connectivity index (χ0v) is 24.4. The SMILES string of the molecule is [C-]#[N+]c1cnc(NC2CCN(S(C)(=O)=O)CC2)nc1-c1cnn(-c2ccc(CNCc3cnn(CC)c3)cc2Cl)c1. The molecule has 14 heteroatoms. The second-order valence-corrected chi connectivity index (χ2v) is 12.3. The van der Waals surface area contributed by atoms with Crippen LogP contribution in [-0.2, 0) is 29.7 Å². The topological polar surface area (TPSA) is 127 Å². The van der Waals surface area contributed by atoms with E-state index >= 15 is 0 Å². The first-order valence-corrected chi connectivity index (χ1v) is 15.5. The summed E-state index contributed by atoms with van der Waals surface area (Å²) in [6, 6.07) is 5.85. The number of hydrogen-bond donors (Lipinski definition) is 2. The average Bonchev–Trinajstić information content (AvgIpc) is 3.63. The summed E-state index contributed by atoms with van der Waals surface area (Å²) in [4.78, 5) is 12.5. The van der Waals surface area contributed by atoms with Gasteiger partial charge in [0.1, 0.15) is 0 Å². The van der Waals surface area contributed by atoms with Crippen LogP contribution in [-0.4, -0.2) is 67.6 Å². The Hall–Kier alpha value is -3.83. The third-order valence-corrected chi connectivity index (χ3v) is 8.54. The van der Waals surface area contributed by atoms with Crippen LogP contribution < -0.4 is 10.6 Å². The lowest BCUT2D eigenvalue weighted by Gasteiger charge is -2.30. The lowest BCUT2D eigenvalue weighted by atomic mass is 10.1. The van der Waals surface area contributed by atoms with Gasteiger partial charge in [-0.3, -0.25) is 4.68 Å². The van der Waals surface area contributed by atoms with Crippen molar-refractivity contribution in [2.45, 2.75) is 45.4 Å². The maximum Gasteiger partial charge on any atom is 0.231 e. The highest BCUT2D eigenvalue weighted by molar-refractivity contribution is 7.88. The Morgan fingerprint density at radius 3 is 2.56 bits per heavy atom. The third kappa shape index (κ3) is 6.91. The number of aryl methyl sites for hydroxylation is 1. The van der Waals surface area contributed by atoms with E-state index in [9.17, 15) is 8.42 Å². The van der Waals surface area contributed by atoms with E-state index in [-0.39, 0.29) is 6.04 Å². The van der Waals surface area contributed by atoms with Gasteiger partial charge in [-0.15, -0.1) is 0 Å². The van der Waals surface area contributed by atoms with Crippen LogP contribution in [0.1, 0.15) is 30.9 Å². The monoisotopic (exact) mass is 594 g/mol.